The van der Waals surface area contributed by atoms with E-state index in [1.165, 1.54) is 11.8 Å². The Labute approximate surface area is 180 Å². The van der Waals surface area contributed by atoms with Crippen molar-refractivity contribution in [1.29, 1.82) is 0 Å². The lowest BCUT2D eigenvalue weighted by Gasteiger charge is -2.16. The zero-order chi connectivity index (χ0) is 21.1. The van der Waals surface area contributed by atoms with Crippen molar-refractivity contribution < 1.29 is 4.79 Å². The molecular formula is C24H22N4OS. The summed E-state index contributed by atoms with van der Waals surface area (Å²) in [6, 6.07) is 23.7. The molecule has 0 bridgehead atoms. The van der Waals surface area contributed by atoms with Gasteiger partial charge in [-0.1, -0.05) is 83.6 Å². The summed E-state index contributed by atoms with van der Waals surface area (Å²) in [5.41, 5.74) is 5.85. The number of carbonyl (C=O) groups is 1. The fourth-order valence-corrected chi connectivity index (χ4v) is 4.24. The number of rotatable bonds is 6. The van der Waals surface area contributed by atoms with E-state index in [0.29, 0.717) is 10.7 Å². The van der Waals surface area contributed by atoms with Gasteiger partial charge in [0.25, 0.3) is 0 Å². The molecule has 30 heavy (non-hydrogen) atoms. The van der Waals surface area contributed by atoms with Gasteiger partial charge < -0.3 is 0 Å². The van der Waals surface area contributed by atoms with Crippen LogP contribution in [0.4, 0.5) is 0 Å². The van der Waals surface area contributed by atoms with Gasteiger partial charge in [0.2, 0.25) is 5.16 Å². The van der Waals surface area contributed by atoms with Gasteiger partial charge in [0.05, 0.1) is 5.69 Å². The minimum Gasteiger partial charge on any atom is -0.293 e. The average Bonchev–Trinajstić information content (AvgIpc) is 3.21. The molecule has 1 aromatic heterocycles. The number of thioether (sulfide) groups is 1. The Morgan fingerprint density at radius 2 is 1.53 bits per heavy atom. The first-order valence-corrected chi connectivity index (χ1v) is 10.6. The molecule has 3 aromatic carbocycles. The van der Waals surface area contributed by atoms with Crippen molar-refractivity contribution in [3.63, 3.8) is 0 Å². The minimum atomic E-state index is -0.456. The molecule has 0 N–H and O–H groups in total. The number of aromatic nitrogens is 4. The van der Waals surface area contributed by atoms with Crippen LogP contribution >= 0.6 is 11.8 Å². The van der Waals surface area contributed by atoms with Gasteiger partial charge in [0, 0.05) is 5.56 Å². The SMILES string of the molecule is Cc1ccc(C(=O)C(Sc2nnnn2-c2cccc(C)c2)c2ccc(C)cc2)cc1. The predicted octanol–water partition coefficient (Wildman–Crippen LogP) is 5.30. The minimum absolute atomic E-state index is 0.0302. The quantitative estimate of drug-likeness (QED) is 0.316. The molecule has 0 spiro atoms. The van der Waals surface area contributed by atoms with Crippen molar-refractivity contribution in [1.82, 2.24) is 20.2 Å². The first-order chi connectivity index (χ1) is 14.5. The number of hydrogen-bond acceptors (Lipinski definition) is 5. The van der Waals surface area contributed by atoms with Crippen molar-refractivity contribution in [3.05, 3.63) is 101 Å². The Morgan fingerprint density at radius 3 is 2.20 bits per heavy atom. The van der Waals surface area contributed by atoms with Crippen molar-refractivity contribution >= 4 is 17.5 Å². The third kappa shape index (κ3) is 4.33. The van der Waals surface area contributed by atoms with Crippen LogP contribution in [0.15, 0.2) is 78.0 Å². The lowest BCUT2D eigenvalue weighted by Crippen LogP contribution is -2.11. The molecule has 0 aliphatic rings. The zero-order valence-corrected chi connectivity index (χ0v) is 17.9. The molecule has 4 rings (SSSR count). The maximum Gasteiger partial charge on any atom is 0.215 e. The second-order valence-electron chi connectivity index (χ2n) is 7.35. The van der Waals surface area contributed by atoms with Gasteiger partial charge in [0.15, 0.2) is 5.78 Å². The first-order valence-electron chi connectivity index (χ1n) is 9.71. The van der Waals surface area contributed by atoms with Crippen LogP contribution in [0.25, 0.3) is 5.69 Å². The summed E-state index contributed by atoms with van der Waals surface area (Å²) in [4.78, 5) is 13.5. The van der Waals surface area contributed by atoms with E-state index < -0.39 is 5.25 Å². The number of nitrogens with zero attached hydrogens (tertiary/aromatic N) is 4. The molecule has 0 saturated carbocycles. The maximum atomic E-state index is 13.5. The summed E-state index contributed by atoms with van der Waals surface area (Å²) >= 11 is 1.37. The molecule has 1 atom stereocenters. The van der Waals surface area contributed by atoms with Crippen LogP contribution in [0, 0.1) is 20.8 Å². The van der Waals surface area contributed by atoms with Gasteiger partial charge >= 0.3 is 0 Å². The zero-order valence-electron chi connectivity index (χ0n) is 17.1. The highest BCUT2D eigenvalue weighted by molar-refractivity contribution is 8.00. The molecule has 0 aliphatic carbocycles. The van der Waals surface area contributed by atoms with Crippen LogP contribution < -0.4 is 0 Å². The summed E-state index contributed by atoms with van der Waals surface area (Å²) in [6.07, 6.45) is 0. The second kappa shape index (κ2) is 8.63. The Morgan fingerprint density at radius 1 is 0.867 bits per heavy atom. The smallest absolute Gasteiger partial charge is 0.215 e. The number of aryl methyl sites for hydroxylation is 3. The highest BCUT2D eigenvalue weighted by Crippen LogP contribution is 2.37. The van der Waals surface area contributed by atoms with Crippen LogP contribution in [0.5, 0.6) is 0 Å². The third-order valence-electron chi connectivity index (χ3n) is 4.86. The Hall–Kier alpha value is -3.25. The van der Waals surface area contributed by atoms with Crippen LogP contribution in [-0.4, -0.2) is 26.0 Å². The number of hydrogen-bond donors (Lipinski definition) is 0. The molecular weight excluding hydrogens is 392 g/mol. The molecule has 1 unspecified atom stereocenters. The Balaban J connectivity index is 1.72. The van der Waals surface area contributed by atoms with Gasteiger partial charge in [-0.2, -0.15) is 4.68 Å². The van der Waals surface area contributed by atoms with Crippen molar-refractivity contribution in [3.8, 4) is 5.69 Å². The van der Waals surface area contributed by atoms with E-state index in [1.807, 2.05) is 93.6 Å². The third-order valence-corrected chi connectivity index (χ3v) is 6.05. The summed E-state index contributed by atoms with van der Waals surface area (Å²) in [7, 11) is 0. The van der Waals surface area contributed by atoms with Gasteiger partial charge in [0.1, 0.15) is 5.25 Å². The molecule has 0 amide bonds. The topological polar surface area (TPSA) is 60.7 Å². The van der Waals surface area contributed by atoms with E-state index in [1.54, 1.807) is 4.68 Å². The highest BCUT2D eigenvalue weighted by Gasteiger charge is 2.26. The Bertz CT molecular complexity index is 1170. The maximum absolute atomic E-state index is 13.5. The number of benzene rings is 3. The van der Waals surface area contributed by atoms with Crippen LogP contribution in [0.1, 0.15) is 37.9 Å². The summed E-state index contributed by atoms with van der Waals surface area (Å²) < 4.78 is 1.68. The average molecular weight is 415 g/mol. The van der Waals surface area contributed by atoms with E-state index in [4.69, 9.17) is 0 Å². The van der Waals surface area contributed by atoms with E-state index in [2.05, 4.69) is 15.5 Å². The van der Waals surface area contributed by atoms with E-state index in [0.717, 1.165) is 27.9 Å². The highest BCUT2D eigenvalue weighted by atomic mass is 32.2. The molecule has 0 fully saturated rings. The van der Waals surface area contributed by atoms with Gasteiger partial charge in [-0.25, -0.2) is 0 Å². The number of tetrazole rings is 1. The largest absolute Gasteiger partial charge is 0.293 e. The van der Waals surface area contributed by atoms with Crippen molar-refractivity contribution in [2.45, 2.75) is 31.2 Å². The number of carbonyl (C=O) groups excluding carboxylic acids is 1. The lowest BCUT2D eigenvalue weighted by molar-refractivity contribution is 0.0989. The lowest BCUT2D eigenvalue weighted by atomic mass is 10.0. The standard InChI is InChI=1S/C24H22N4OS/c1-16-7-11-19(12-8-16)22(29)23(20-13-9-17(2)10-14-20)30-24-25-26-27-28(24)21-6-4-5-18(3)15-21/h4-15,23H,1-3H3. The van der Waals surface area contributed by atoms with E-state index in [9.17, 15) is 4.79 Å². The monoisotopic (exact) mass is 414 g/mol. The number of ketones is 1. The molecule has 0 radical (unpaired) electrons. The van der Waals surface area contributed by atoms with Crippen LogP contribution in [0.2, 0.25) is 0 Å². The first kappa shape index (κ1) is 20.0. The van der Waals surface area contributed by atoms with Gasteiger partial charge in [-0.05, 0) is 54.5 Å². The fraction of sp³-hybridized carbons (Fsp3) is 0.167. The van der Waals surface area contributed by atoms with Gasteiger partial charge in [-0.15, -0.1) is 5.10 Å². The van der Waals surface area contributed by atoms with Crippen LogP contribution in [-0.2, 0) is 0 Å². The molecule has 5 nitrogen and oxygen atoms in total. The van der Waals surface area contributed by atoms with Crippen LogP contribution in [0.3, 0.4) is 0 Å². The summed E-state index contributed by atoms with van der Waals surface area (Å²) in [6.45, 7) is 6.07. The van der Waals surface area contributed by atoms with E-state index >= 15 is 0 Å². The van der Waals surface area contributed by atoms with Crippen molar-refractivity contribution in [2.75, 3.05) is 0 Å². The van der Waals surface area contributed by atoms with E-state index in [-0.39, 0.29) is 5.78 Å². The van der Waals surface area contributed by atoms with Gasteiger partial charge in [-0.3, -0.25) is 4.79 Å². The normalized spacial score (nSPS) is 12.0. The second-order valence-corrected chi connectivity index (χ2v) is 8.42. The molecule has 0 saturated heterocycles. The summed E-state index contributed by atoms with van der Waals surface area (Å²) in [5, 5.41) is 12.3. The molecule has 1 heterocycles. The predicted molar refractivity (Wildman–Crippen MR) is 119 cm³/mol. The molecule has 4 aromatic rings. The fourth-order valence-electron chi connectivity index (χ4n) is 3.16. The summed E-state index contributed by atoms with van der Waals surface area (Å²) in [5.74, 6) is 0.0302. The Kier molecular flexibility index (Phi) is 5.77. The molecule has 150 valence electrons. The molecule has 0 aliphatic heterocycles. The number of Topliss-reactive ketones (excluding diaryl/α,β-unsaturated/α-hetero) is 1. The molecule has 6 heteroatoms. The van der Waals surface area contributed by atoms with Crippen molar-refractivity contribution in [2.24, 2.45) is 0 Å².